The van der Waals surface area contributed by atoms with Gasteiger partial charge in [0.05, 0.1) is 12.5 Å². The summed E-state index contributed by atoms with van der Waals surface area (Å²) in [5, 5.41) is 45.4. The second-order valence-electron chi connectivity index (χ2n) is 19.6. The van der Waals surface area contributed by atoms with Gasteiger partial charge in [0, 0.05) is 18.6 Å². The Labute approximate surface area is 458 Å². The fourth-order valence-corrected chi connectivity index (χ4v) is 8.75. The lowest BCUT2D eigenvalue weighted by Gasteiger charge is -2.29. The van der Waals surface area contributed by atoms with Crippen molar-refractivity contribution < 1.29 is 63.0 Å². The molecule has 0 radical (unpaired) electrons. The molecule has 9 amide bonds. The number of carbonyl (C=O) groups is 11. The number of thiol groups is 1. The van der Waals surface area contributed by atoms with E-state index < -0.39 is 132 Å². The summed E-state index contributed by atoms with van der Waals surface area (Å²) < 4.78 is 0. The van der Waals surface area contributed by atoms with Crippen LogP contribution in [-0.4, -0.2) is 160 Å². The molecule has 1 heterocycles. The molecule has 1 saturated heterocycles. The zero-order valence-corrected chi connectivity index (χ0v) is 46.2. The Morgan fingerprint density at radius 2 is 1.04 bits per heavy atom. The fourth-order valence-electron chi connectivity index (χ4n) is 8.02. The summed E-state index contributed by atoms with van der Waals surface area (Å²) >= 11 is 5.66. The predicted molar refractivity (Wildman–Crippen MR) is 291 cm³/mol. The number of nitrogens with one attached hydrogen (secondary N) is 10. The smallest absolute Gasteiger partial charge is 0.326 e. The maximum atomic E-state index is 14.0. The summed E-state index contributed by atoms with van der Waals surface area (Å²) in [5.74, 6) is -10.3. The van der Waals surface area contributed by atoms with Crippen LogP contribution in [-0.2, 0) is 65.6 Å². The van der Waals surface area contributed by atoms with Crippen molar-refractivity contribution in [1.82, 2.24) is 53.2 Å². The predicted octanol–water partition coefficient (Wildman–Crippen LogP) is -0.429. The number of aliphatic carboxylic acids is 2. The number of carboxylic acids is 2. The van der Waals surface area contributed by atoms with Crippen LogP contribution < -0.4 is 53.2 Å². The van der Waals surface area contributed by atoms with E-state index in [2.05, 4.69) is 65.8 Å². The van der Waals surface area contributed by atoms with E-state index in [1.54, 1.807) is 88.5 Å². The summed E-state index contributed by atoms with van der Waals surface area (Å²) in [6.07, 6.45) is 2.45. The molecule has 0 spiro atoms. The molecular formula is C52H76N10O13S2. The summed E-state index contributed by atoms with van der Waals surface area (Å²) in [5.41, 5.74) is 1.34. The Balaban J connectivity index is 1.67. The molecule has 12 N–H and O–H groups in total. The van der Waals surface area contributed by atoms with Crippen LogP contribution in [0.3, 0.4) is 0 Å². The quantitative estimate of drug-likeness (QED) is 0.0414. The van der Waals surface area contributed by atoms with Gasteiger partial charge in [-0.05, 0) is 81.0 Å². The lowest BCUT2D eigenvalue weighted by molar-refractivity contribution is -0.143. The van der Waals surface area contributed by atoms with E-state index in [0.29, 0.717) is 24.3 Å². The molecule has 3 rings (SSSR count). The van der Waals surface area contributed by atoms with E-state index in [1.165, 1.54) is 25.6 Å². The van der Waals surface area contributed by atoms with Crippen LogP contribution in [0, 0.1) is 11.8 Å². The molecule has 0 unspecified atom stereocenters. The highest BCUT2D eigenvalue weighted by atomic mass is 32.2. The minimum Gasteiger partial charge on any atom is -0.481 e. The van der Waals surface area contributed by atoms with Crippen LogP contribution in [0.5, 0.6) is 0 Å². The van der Waals surface area contributed by atoms with Gasteiger partial charge in [-0.3, -0.25) is 47.9 Å². The molecule has 23 nitrogen and oxygen atoms in total. The number of carboxylic acid groups (broad SMARTS) is 2. The van der Waals surface area contributed by atoms with Crippen LogP contribution in [0.15, 0.2) is 60.7 Å². The molecule has 0 aliphatic carbocycles. The molecule has 1 fully saturated rings. The van der Waals surface area contributed by atoms with E-state index in [1.807, 2.05) is 6.07 Å². The minimum atomic E-state index is -1.74. The van der Waals surface area contributed by atoms with Crippen molar-refractivity contribution >= 4 is 89.5 Å². The highest BCUT2D eigenvalue weighted by Gasteiger charge is 2.36. The standard InChI is InChI=1S/C52H76N10O13S2/c1-28(2)23-36(47(69)54-31(6)44(66)57-38(26-41(63)64)49(71)60-39(52(74)75)25-33-17-12-9-13-18-33)59-51(73)42(29(3)4)62-46(68)35(20-22-77-7)56-43(65)30(5)55-50(72)40(27-76)61-48(70)37(24-32-15-10-8-11-16-32)58-45(67)34-19-14-21-53-34/h8-13,15-18,28-31,34-40,42,53,76H,14,19-27H2,1-7H3,(H,54,69)(H,55,72)(H,56,65)(H,57,66)(H,58,67)(H,59,73)(H,60,71)(H,61,70)(H,62,68)(H,63,64)(H,74,75)/t30-,31-,34-,35-,36-,37-,38-,39-,40-,42-/m0/s1. The SMILES string of the molecule is CSCC[C@H](NC(=O)[C@H](C)NC(=O)[C@H](CS)NC(=O)[C@H](Cc1ccccc1)NC(=O)[C@@H]1CCCN1)C(=O)N[C@H](C(=O)N[C@@H](CC(C)C)C(=O)N[C@@H](C)C(=O)N[C@@H](CC(=O)O)C(=O)N[C@@H](Cc1ccccc1)C(=O)O)C(C)C. The first-order chi connectivity index (χ1) is 36.4. The lowest BCUT2D eigenvalue weighted by atomic mass is 9.99. The molecule has 77 heavy (non-hydrogen) atoms. The van der Waals surface area contributed by atoms with Gasteiger partial charge in [0.2, 0.25) is 53.2 Å². The Bertz CT molecular complexity index is 2340. The van der Waals surface area contributed by atoms with Crippen LogP contribution in [0.4, 0.5) is 0 Å². The van der Waals surface area contributed by atoms with E-state index in [9.17, 15) is 63.0 Å². The normalized spacial score (nSPS) is 16.6. The third-order valence-corrected chi connectivity index (χ3v) is 13.4. The van der Waals surface area contributed by atoms with Crippen LogP contribution >= 0.6 is 24.4 Å². The fraction of sp³-hybridized carbons (Fsp3) is 0.558. The van der Waals surface area contributed by atoms with Crippen molar-refractivity contribution in [3.63, 3.8) is 0 Å². The van der Waals surface area contributed by atoms with Gasteiger partial charge in [0.1, 0.15) is 54.4 Å². The first-order valence-corrected chi connectivity index (χ1v) is 27.6. The summed E-state index contributed by atoms with van der Waals surface area (Å²) in [7, 11) is 0. The largest absolute Gasteiger partial charge is 0.481 e. The van der Waals surface area contributed by atoms with Crippen molar-refractivity contribution in [1.29, 1.82) is 0 Å². The lowest BCUT2D eigenvalue weighted by Crippen LogP contribution is -2.61. The van der Waals surface area contributed by atoms with Crippen molar-refractivity contribution in [2.75, 3.05) is 24.3 Å². The monoisotopic (exact) mass is 1110 g/mol. The van der Waals surface area contributed by atoms with Gasteiger partial charge >= 0.3 is 11.9 Å². The van der Waals surface area contributed by atoms with E-state index in [4.69, 9.17) is 0 Å². The first kappa shape index (κ1) is 64.6. The Kier molecular flexibility index (Phi) is 27.5. The molecular weight excluding hydrogens is 1040 g/mol. The van der Waals surface area contributed by atoms with Crippen molar-refractivity contribution in [3.05, 3.63) is 71.8 Å². The van der Waals surface area contributed by atoms with Gasteiger partial charge < -0.3 is 63.4 Å². The third kappa shape index (κ3) is 22.4. The maximum absolute atomic E-state index is 14.0. The van der Waals surface area contributed by atoms with Gasteiger partial charge in [-0.15, -0.1) is 0 Å². The number of thioether (sulfide) groups is 1. The molecule has 2 aromatic carbocycles. The number of rotatable bonds is 32. The average Bonchev–Trinajstić information content (AvgIpc) is 3.93. The number of benzene rings is 2. The second kappa shape index (κ2) is 32.8. The van der Waals surface area contributed by atoms with Gasteiger partial charge in [-0.1, -0.05) is 88.4 Å². The Morgan fingerprint density at radius 3 is 1.52 bits per heavy atom. The zero-order valence-electron chi connectivity index (χ0n) is 44.5. The number of hydrogen-bond acceptors (Lipinski definition) is 14. The van der Waals surface area contributed by atoms with E-state index in [0.717, 1.165) is 12.0 Å². The molecule has 25 heteroatoms. The van der Waals surface area contributed by atoms with Crippen LogP contribution in [0.2, 0.25) is 0 Å². The van der Waals surface area contributed by atoms with E-state index in [-0.39, 0.29) is 43.3 Å². The molecule has 10 atom stereocenters. The van der Waals surface area contributed by atoms with Crippen molar-refractivity contribution in [3.8, 4) is 0 Å². The topological polar surface area (TPSA) is 349 Å². The molecule has 0 bridgehead atoms. The molecule has 1 aliphatic heterocycles. The summed E-state index contributed by atoms with van der Waals surface area (Å²) in [4.78, 5) is 146. The maximum Gasteiger partial charge on any atom is 0.326 e. The highest BCUT2D eigenvalue weighted by Crippen LogP contribution is 2.13. The van der Waals surface area contributed by atoms with Crippen molar-refractivity contribution in [2.24, 2.45) is 11.8 Å². The van der Waals surface area contributed by atoms with E-state index >= 15 is 0 Å². The first-order valence-electron chi connectivity index (χ1n) is 25.5. The molecule has 424 valence electrons. The van der Waals surface area contributed by atoms with Crippen LogP contribution in [0.1, 0.15) is 84.8 Å². The highest BCUT2D eigenvalue weighted by molar-refractivity contribution is 7.98. The number of amides is 9. The molecule has 2 aromatic rings. The molecule has 0 saturated carbocycles. The minimum absolute atomic E-state index is 0.0590. The second-order valence-corrected chi connectivity index (χ2v) is 21.0. The van der Waals surface area contributed by atoms with Crippen LogP contribution in [0.25, 0.3) is 0 Å². The van der Waals surface area contributed by atoms with Gasteiger partial charge in [-0.25, -0.2) is 4.79 Å². The Hall–Kier alpha value is -6.73. The molecule has 0 aromatic heterocycles. The van der Waals surface area contributed by atoms with Gasteiger partial charge in [0.15, 0.2) is 0 Å². The number of carbonyl (C=O) groups excluding carboxylic acids is 9. The average molecular weight is 1110 g/mol. The third-order valence-electron chi connectivity index (χ3n) is 12.4. The van der Waals surface area contributed by atoms with Gasteiger partial charge in [0.25, 0.3) is 0 Å². The number of hydrogen-bond donors (Lipinski definition) is 13. The summed E-state index contributed by atoms with van der Waals surface area (Å²) in [6.45, 7) is 10.2. The van der Waals surface area contributed by atoms with Crippen molar-refractivity contribution in [2.45, 2.75) is 147 Å². The zero-order chi connectivity index (χ0) is 57.4. The Morgan fingerprint density at radius 1 is 0.571 bits per heavy atom. The van der Waals surface area contributed by atoms with Gasteiger partial charge in [-0.2, -0.15) is 24.4 Å². The summed E-state index contributed by atoms with van der Waals surface area (Å²) in [6, 6.07) is 5.08. The molecule has 1 aliphatic rings.